The predicted octanol–water partition coefficient (Wildman–Crippen LogP) is 3.56. The molecule has 0 aromatic heterocycles. The van der Waals surface area contributed by atoms with Gasteiger partial charge in [0.05, 0.1) is 5.41 Å². The zero-order chi connectivity index (χ0) is 18.8. The van der Waals surface area contributed by atoms with Gasteiger partial charge in [0.25, 0.3) is 0 Å². The zero-order valence-electron chi connectivity index (χ0n) is 15.2. The highest BCUT2D eigenvalue weighted by atomic mass is 16.4. The lowest BCUT2D eigenvalue weighted by Crippen LogP contribution is -2.41. The lowest BCUT2D eigenvalue weighted by atomic mass is 9.66. The summed E-state index contributed by atoms with van der Waals surface area (Å²) in [6.45, 7) is 7.35. The molecular formula is C19H26N2O4. The van der Waals surface area contributed by atoms with E-state index in [0.717, 1.165) is 12.0 Å². The number of carbonyl (C=O) groups is 3. The fraction of sp³-hybridized carbons (Fsp3) is 0.526. The molecular weight excluding hydrogens is 320 g/mol. The Bertz CT molecular complexity index is 700. The molecule has 6 heteroatoms. The molecule has 0 spiro atoms. The summed E-state index contributed by atoms with van der Waals surface area (Å²) in [5, 5.41) is 14.9. The second-order valence-electron chi connectivity index (χ2n) is 7.90. The van der Waals surface area contributed by atoms with E-state index in [2.05, 4.69) is 10.6 Å². The zero-order valence-corrected chi connectivity index (χ0v) is 15.2. The minimum absolute atomic E-state index is 0.0279. The van der Waals surface area contributed by atoms with Crippen molar-refractivity contribution in [1.29, 1.82) is 0 Å². The van der Waals surface area contributed by atoms with Gasteiger partial charge in [-0.3, -0.25) is 14.4 Å². The van der Waals surface area contributed by atoms with Crippen molar-refractivity contribution in [2.75, 3.05) is 10.6 Å². The van der Waals surface area contributed by atoms with Gasteiger partial charge in [0, 0.05) is 23.2 Å². The number of carboxylic acid groups (broad SMARTS) is 1. The van der Waals surface area contributed by atoms with Crippen molar-refractivity contribution < 1.29 is 19.5 Å². The van der Waals surface area contributed by atoms with Crippen LogP contribution in [0.4, 0.5) is 11.4 Å². The van der Waals surface area contributed by atoms with Crippen LogP contribution < -0.4 is 10.6 Å². The van der Waals surface area contributed by atoms with Crippen molar-refractivity contribution >= 4 is 29.2 Å². The van der Waals surface area contributed by atoms with Gasteiger partial charge in [-0.05, 0) is 37.5 Å². The molecule has 1 aromatic carbocycles. The van der Waals surface area contributed by atoms with E-state index in [1.807, 2.05) is 33.8 Å². The molecule has 2 amide bonds. The Hall–Kier alpha value is -2.37. The Morgan fingerprint density at radius 2 is 1.80 bits per heavy atom. The van der Waals surface area contributed by atoms with Crippen LogP contribution in [0.3, 0.4) is 0 Å². The van der Waals surface area contributed by atoms with E-state index >= 15 is 0 Å². The number of amides is 2. The second kappa shape index (κ2) is 6.86. The van der Waals surface area contributed by atoms with Crippen molar-refractivity contribution in [2.45, 2.75) is 53.4 Å². The van der Waals surface area contributed by atoms with Crippen molar-refractivity contribution in [2.24, 2.45) is 10.8 Å². The van der Waals surface area contributed by atoms with Crippen LogP contribution in [0.25, 0.3) is 0 Å². The summed E-state index contributed by atoms with van der Waals surface area (Å²) in [5.41, 5.74) is 0.618. The Kier molecular flexibility index (Phi) is 5.20. The standard InChI is InChI=1S/C19H26N2O4/c1-12-6-7-13(10-14(12)21-16(23)18(2,3)4)20-15(22)11-19(17(24)25)8-5-9-19/h6-7,10H,5,8-9,11H2,1-4H3,(H,20,22)(H,21,23)(H,24,25). The summed E-state index contributed by atoms with van der Waals surface area (Å²) >= 11 is 0. The number of hydrogen-bond donors (Lipinski definition) is 3. The maximum absolute atomic E-state index is 12.2. The van der Waals surface area contributed by atoms with Crippen LogP contribution in [-0.2, 0) is 14.4 Å². The normalized spacial score (nSPS) is 15.8. The third-order valence-corrected chi connectivity index (χ3v) is 4.71. The van der Waals surface area contributed by atoms with Crippen molar-refractivity contribution in [3.8, 4) is 0 Å². The van der Waals surface area contributed by atoms with E-state index in [4.69, 9.17) is 0 Å². The lowest BCUT2D eigenvalue weighted by molar-refractivity contribution is -0.157. The maximum atomic E-state index is 12.2. The van der Waals surface area contributed by atoms with E-state index in [0.29, 0.717) is 24.2 Å². The molecule has 0 heterocycles. The van der Waals surface area contributed by atoms with Crippen LogP contribution in [-0.4, -0.2) is 22.9 Å². The molecule has 1 aliphatic rings. The number of nitrogens with one attached hydrogen (secondary N) is 2. The van der Waals surface area contributed by atoms with Gasteiger partial charge in [0.15, 0.2) is 0 Å². The first-order valence-electron chi connectivity index (χ1n) is 8.49. The van der Waals surface area contributed by atoms with Gasteiger partial charge < -0.3 is 15.7 Å². The summed E-state index contributed by atoms with van der Waals surface area (Å²) < 4.78 is 0. The molecule has 1 fully saturated rings. The third kappa shape index (κ3) is 4.38. The molecule has 1 saturated carbocycles. The fourth-order valence-electron chi connectivity index (χ4n) is 2.73. The van der Waals surface area contributed by atoms with Gasteiger partial charge in [-0.15, -0.1) is 0 Å². The van der Waals surface area contributed by atoms with Crippen molar-refractivity contribution in [3.05, 3.63) is 23.8 Å². The highest BCUT2D eigenvalue weighted by molar-refractivity contribution is 5.98. The molecule has 3 N–H and O–H groups in total. The highest BCUT2D eigenvalue weighted by Crippen LogP contribution is 2.44. The number of anilines is 2. The Balaban J connectivity index is 2.08. The van der Waals surface area contributed by atoms with E-state index in [1.165, 1.54) is 0 Å². The van der Waals surface area contributed by atoms with Gasteiger partial charge in [0.1, 0.15) is 0 Å². The lowest BCUT2D eigenvalue weighted by Gasteiger charge is -2.36. The summed E-state index contributed by atoms with van der Waals surface area (Å²) in [6.07, 6.45) is 1.89. The molecule has 136 valence electrons. The van der Waals surface area contributed by atoms with Crippen LogP contribution in [0.5, 0.6) is 0 Å². The van der Waals surface area contributed by atoms with Crippen LogP contribution in [0.1, 0.15) is 52.0 Å². The topological polar surface area (TPSA) is 95.5 Å². The first-order valence-corrected chi connectivity index (χ1v) is 8.49. The average Bonchev–Trinajstić information content (AvgIpc) is 2.45. The van der Waals surface area contributed by atoms with Crippen LogP contribution in [0.15, 0.2) is 18.2 Å². The number of aryl methyl sites for hydroxylation is 1. The number of benzene rings is 1. The van der Waals surface area contributed by atoms with Crippen LogP contribution in [0.2, 0.25) is 0 Å². The molecule has 6 nitrogen and oxygen atoms in total. The minimum atomic E-state index is -0.919. The quantitative estimate of drug-likeness (QED) is 0.759. The molecule has 0 radical (unpaired) electrons. The number of carbonyl (C=O) groups excluding carboxylic acids is 2. The number of carboxylic acids is 1. The van der Waals surface area contributed by atoms with Gasteiger partial charge in [-0.25, -0.2) is 0 Å². The maximum Gasteiger partial charge on any atom is 0.310 e. The summed E-state index contributed by atoms with van der Waals surface area (Å²) in [7, 11) is 0. The number of aliphatic carboxylic acids is 1. The highest BCUT2D eigenvalue weighted by Gasteiger charge is 2.45. The molecule has 0 atom stereocenters. The molecule has 25 heavy (non-hydrogen) atoms. The summed E-state index contributed by atoms with van der Waals surface area (Å²) in [5.74, 6) is -1.34. The molecule has 1 aliphatic carbocycles. The fourth-order valence-corrected chi connectivity index (χ4v) is 2.73. The molecule has 0 bridgehead atoms. The Morgan fingerprint density at radius 1 is 1.16 bits per heavy atom. The van der Waals surface area contributed by atoms with Crippen molar-refractivity contribution in [1.82, 2.24) is 0 Å². The van der Waals surface area contributed by atoms with Gasteiger partial charge in [-0.2, -0.15) is 0 Å². The first kappa shape index (κ1) is 19.0. The van der Waals surface area contributed by atoms with Crippen LogP contribution >= 0.6 is 0 Å². The van der Waals surface area contributed by atoms with E-state index in [-0.39, 0.29) is 18.2 Å². The number of hydrogen-bond acceptors (Lipinski definition) is 3. The molecule has 2 rings (SSSR count). The molecule has 0 aliphatic heterocycles. The van der Waals surface area contributed by atoms with Gasteiger partial charge >= 0.3 is 5.97 Å². The molecule has 0 saturated heterocycles. The van der Waals surface area contributed by atoms with E-state index < -0.39 is 16.8 Å². The molecule has 1 aromatic rings. The Labute approximate surface area is 148 Å². The predicted molar refractivity (Wildman–Crippen MR) is 96.4 cm³/mol. The monoisotopic (exact) mass is 346 g/mol. The largest absolute Gasteiger partial charge is 0.481 e. The van der Waals surface area contributed by atoms with Crippen LogP contribution in [0, 0.1) is 17.8 Å². The SMILES string of the molecule is Cc1ccc(NC(=O)CC2(C(=O)O)CCC2)cc1NC(=O)C(C)(C)C. The Morgan fingerprint density at radius 3 is 2.28 bits per heavy atom. The third-order valence-electron chi connectivity index (χ3n) is 4.71. The minimum Gasteiger partial charge on any atom is -0.481 e. The van der Waals surface area contributed by atoms with E-state index in [9.17, 15) is 19.5 Å². The number of rotatable bonds is 5. The molecule has 0 unspecified atom stereocenters. The van der Waals surface area contributed by atoms with Crippen molar-refractivity contribution in [3.63, 3.8) is 0 Å². The van der Waals surface area contributed by atoms with Gasteiger partial charge in [0.2, 0.25) is 11.8 Å². The second-order valence-corrected chi connectivity index (χ2v) is 7.90. The van der Waals surface area contributed by atoms with Gasteiger partial charge in [-0.1, -0.05) is 33.3 Å². The first-order chi connectivity index (χ1) is 11.5. The average molecular weight is 346 g/mol. The summed E-state index contributed by atoms with van der Waals surface area (Å²) in [6, 6.07) is 5.25. The van der Waals surface area contributed by atoms with E-state index in [1.54, 1.807) is 12.1 Å². The summed E-state index contributed by atoms with van der Waals surface area (Å²) in [4.78, 5) is 35.8. The smallest absolute Gasteiger partial charge is 0.310 e.